The number of anilines is 1. The lowest BCUT2D eigenvalue weighted by Crippen LogP contribution is -2.50. The van der Waals surface area contributed by atoms with Crippen molar-refractivity contribution >= 4 is 40.6 Å². The van der Waals surface area contributed by atoms with Crippen LogP contribution in [0.25, 0.3) is 0 Å². The minimum Gasteiger partial charge on any atom is -0.491 e. The fraction of sp³-hybridized carbons (Fsp3) is 0.379. The third-order valence-corrected chi connectivity index (χ3v) is 8.27. The van der Waals surface area contributed by atoms with Crippen LogP contribution in [0.1, 0.15) is 34.9 Å². The van der Waals surface area contributed by atoms with E-state index in [9.17, 15) is 9.59 Å². The van der Waals surface area contributed by atoms with Crippen molar-refractivity contribution in [2.75, 3.05) is 38.2 Å². The van der Waals surface area contributed by atoms with Crippen molar-refractivity contribution in [1.82, 2.24) is 9.80 Å². The average Bonchev–Trinajstić information content (AvgIpc) is 3.60. The second-order valence-corrected chi connectivity index (χ2v) is 11.1. The van der Waals surface area contributed by atoms with Gasteiger partial charge in [-0.2, -0.15) is 0 Å². The number of halogens is 1. The minimum atomic E-state index is -0.350. The standard InChI is InChI=1S/C29H32ClN3O4S/c1-20-6-2-3-10-26(20)37-19-25-24-12-15-38-27(24)11-13-33(25)28(34)18-32(17-23-9-5-14-36-23)29(35)31-22-8-4-7-21(30)16-22/h2-4,6-8,10,12,15-16,23,25H,5,9,11,13-14,17-19H2,1H3,(H,31,35). The molecule has 0 spiro atoms. The molecule has 1 aromatic heterocycles. The summed E-state index contributed by atoms with van der Waals surface area (Å²) in [7, 11) is 0. The highest BCUT2D eigenvalue weighted by molar-refractivity contribution is 7.10. The van der Waals surface area contributed by atoms with E-state index in [1.54, 1.807) is 40.5 Å². The Morgan fingerprint density at radius 3 is 2.87 bits per heavy atom. The Kier molecular flexibility index (Phi) is 8.51. The van der Waals surface area contributed by atoms with E-state index in [1.165, 1.54) is 4.88 Å². The Morgan fingerprint density at radius 2 is 2.08 bits per heavy atom. The monoisotopic (exact) mass is 553 g/mol. The Balaban J connectivity index is 1.33. The Bertz CT molecular complexity index is 1280. The highest BCUT2D eigenvalue weighted by Gasteiger charge is 2.34. The third kappa shape index (κ3) is 6.31. The summed E-state index contributed by atoms with van der Waals surface area (Å²) in [6.45, 7) is 3.91. The molecule has 2 aliphatic rings. The molecule has 9 heteroatoms. The van der Waals surface area contributed by atoms with Crippen molar-refractivity contribution in [1.29, 1.82) is 0 Å². The molecule has 3 aromatic rings. The van der Waals surface area contributed by atoms with Gasteiger partial charge in [-0.25, -0.2) is 4.79 Å². The molecule has 2 atom stereocenters. The van der Waals surface area contributed by atoms with Gasteiger partial charge in [0.05, 0.1) is 12.1 Å². The number of rotatable bonds is 8. The van der Waals surface area contributed by atoms with Gasteiger partial charge in [0.2, 0.25) is 5.91 Å². The number of nitrogens with zero attached hydrogens (tertiary/aromatic N) is 2. The maximum Gasteiger partial charge on any atom is 0.322 e. The SMILES string of the molecule is Cc1ccccc1OCC1c2ccsc2CCN1C(=O)CN(CC1CCCO1)C(=O)Nc1cccc(Cl)c1. The molecule has 0 bridgehead atoms. The Labute approximate surface area is 232 Å². The van der Waals surface area contributed by atoms with E-state index in [2.05, 4.69) is 16.8 Å². The molecule has 0 saturated carbocycles. The van der Waals surface area contributed by atoms with Gasteiger partial charge in [0.25, 0.3) is 0 Å². The number of para-hydroxylation sites is 1. The summed E-state index contributed by atoms with van der Waals surface area (Å²) in [6, 6.07) is 16.4. The van der Waals surface area contributed by atoms with Gasteiger partial charge in [0.15, 0.2) is 0 Å². The first-order valence-electron chi connectivity index (χ1n) is 12.9. The van der Waals surface area contributed by atoms with E-state index in [0.29, 0.717) is 37.0 Å². The van der Waals surface area contributed by atoms with Gasteiger partial charge in [-0.15, -0.1) is 11.3 Å². The molecule has 2 aliphatic heterocycles. The normalized spacial score (nSPS) is 18.6. The molecule has 2 aromatic carbocycles. The number of hydrogen-bond donors (Lipinski definition) is 1. The quantitative estimate of drug-likeness (QED) is 0.375. The second-order valence-electron chi connectivity index (χ2n) is 9.68. The number of benzene rings is 2. The van der Waals surface area contributed by atoms with Crippen LogP contribution in [0, 0.1) is 6.92 Å². The summed E-state index contributed by atoms with van der Waals surface area (Å²) in [6.07, 6.45) is 2.52. The molecule has 2 unspecified atom stereocenters. The van der Waals surface area contributed by atoms with Crippen molar-refractivity contribution in [3.8, 4) is 5.75 Å². The fourth-order valence-corrected chi connectivity index (χ4v) is 6.16. The largest absolute Gasteiger partial charge is 0.491 e. The first-order chi connectivity index (χ1) is 18.5. The summed E-state index contributed by atoms with van der Waals surface area (Å²) < 4.78 is 12.0. The highest BCUT2D eigenvalue weighted by atomic mass is 35.5. The molecular formula is C29H32ClN3O4S. The number of nitrogens with one attached hydrogen (secondary N) is 1. The first-order valence-corrected chi connectivity index (χ1v) is 14.2. The van der Waals surface area contributed by atoms with E-state index < -0.39 is 0 Å². The van der Waals surface area contributed by atoms with Crippen molar-refractivity contribution in [3.63, 3.8) is 0 Å². The molecular weight excluding hydrogens is 522 g/mol. The molecule has 1 saturated heterocycles. The smallest absolute Gasteiger partial charge is 0.322 e. The molecule has 3 heterocycles. The van der Waals surface area contributed by atoms with Crippen molar-refractivity contribution in [2.24, 2.45) is 0 Å². The molecule has 0 radical (unpaired) electrons. The lowest BCUT2D eigenvalue weighted by Gasteiger charge is -2.37. The molecule has 1 N–H and O–H groups in total. The van der Waals surface area contributed by atoms with Crippen molar-refractivity contribution < 1.29 is 19.1 Å². The molecule has 0 aliphatic carbocycles. The predicted octanol–water partition coefficient (Wildman–Crippen LogP) is 5.93. The number of urea groups is 1. The summed E-state index contributed by atoms with van der Waals surface area (Å²) >= 11 is 7.82. The van der Waals surface area contributed by atoms with E-state index >= 15 is 0 Å². The number of aryl methyl sites for hydroxylation is 1. The van der Waals surface area contributed by atoms with Crippen LogP contribution in [-0.2, 0) is 16.0 Å². The van der Waals surface area contributed by atoms with Gasteiger partial charge < -0.3 is 24.6 Å². The topological polar surface area (TPSA) is 71.1 Å². The number of thiophene rings is 1. The summed E-state index contributed by atoms with van der Waals surface area (Å²) in [4.78, 5) is 31.8. The molecule has 38 heavy (non-hydrogen) atoms. The summed E-state index contributed by atoms with van der Waals surface area (Å²) in [5.41, 5.74) is 2.75. The predicted molar refractivity (Wildman–Crippen MR) is 150 cm³/mol. The van der Waals surface area contributed by atoms with Crippen LogP contribution in [0.15, 0.2) is 60.0 Å². The zero-order valence-corrected chi connectivity index (χ0v) is 23.0. The number of hydrogen-bond acceptors (Lipinski definition) is 5. The summed E-state index contributed by atoms with van der Waals surface area (Å²) in [5.74, 6) is 0.697. The van der Waals surface area contributed by atoms with Gasteiger partial charge in [0, 0.05) is 35.3 Å². The molecule has 5 rings (SSSR count). The zero-order chi connectivity index (χ0) is 26.5. The lowest BCUT2D eigenvalue weighted by molar-refractivity contribution is -0.135. The van der Waals surface area contributed by atoms with Crippen LogP contribution < -0.4 is 10.1 Å². The minimum absolute atomic E-state index is 0.0490. The van der Waals surface area contributed by atoms with E-state index in [-0.39, 0.29) is 30.6 Å². The average molecular weight is 554 g/mol. The molecule has 200 valence electrons. The van der Waals surface area contributed by atoms with Crippen LogP contribution >= 0.6 is 22.9 Å². The second kappa shape index (κ2) is 12.2. The number of amides is 3. The number of ether oxygens (including phenoxy) is 2. The number of carbonyl (C=O) groups excluding carboxylic acids is 2. The summed E-state index contributed by atoms with van der Waals surface area (Å²) in [5, 5.41) is 5.49. The van der Waals surface area contributed by atoms with Gasteiger partial charge in [0.1, 0.15) is 18.9 Å². The maximum absolute atomic E-state index is 13.8. The van der Waals surface area contributed by atoms with Crippen molar-refractivity contribution in [3.05, 3.63) is 81.0 Å². The number of carbonyl (C=O) groups is 2. The first kappa shape index (κ1) is 26.5. The van der Waals surface area contributed by atoms with Gasteiger partial charge in [-0.1, -0.05) is 35.9 Å². The van der Waals surface area contributed by atoms with Crippen LogP contribution in [-0.4, -0.2) is 60.7 Å². The van der Waals surface area contributed by atoms with E-state index in [4.69, 9.17) is 21.1 Å². The lowest BCUT2D eigenvalue weighted by atomic mass is 10.0. The van der Waals surface area contributed by atoms with Gasteiger partial charge in [-0.05, 0) is 73.0 Å². The maximum atomic E-state index is 13.8. The van der Waals surface area contributed by atoms with Crippen molar-refractivity contribution in [2.45, 2.75) is 38.3 Å². The van der Waals surface area contributed by atoms with Crippen LogP contribution in [0.5, 0.6) is 5.75 Å². The van der Waals surface area contributed by atoms with Crippen LogP contribution in [0.3, 0.4) is 0 Å². The van der Waals surface area contributed by atoms with Gasteiger partial charge >= 0.3 is 6.03 Å². The van der Waals surface area contributed by atoms with E-state index in [0.717, 1.165) is 36.1 Å². The highest BCUT2D eigenvalue weighted by Crippen LogP contribution is 2.34. The molecule has 3 amide bonds. The Morgan fingerprint density at radius 1 is 1.21 bits per heavy atom. The van der Waals surface area contributed by atoms with Crippen LogP contribution in [0.4, 0.5) is 10.5 Å². The zero-order valence-electron chi connectivity index (χ0n) is 21.4. The fourth-order valence-electron chi connectivity index (χ4n) is 5.04. The van der Waals surface area contributed by atoms with Crippen LogP contribution in [0.2, 0.25) is 5.02 Å². The Hall–Kier alpha value is -3.07. The van der Waals surface area contributed by atoms with E-state index in [1.807, 2.05) is 36.1 Å². The third-order valence-electron chi connectivity index (χ3n) is 7.04. The molecule has 7 nitrogen and oxygen atoms in total. The molecule has 1 fully saturated rings. The van der Waals surface area contributed by atoms with Gasteiger partial charge in [-0.3, -0.25) is 4.79 Å². The number of fused-ring (bicyclic) bond motifs is 1.